The molecule has 0 aliphatic carbocycles. The van der Waals surface area contributed by atoms with Crippen LogP contribution in [0.2, 0.25) is 0 Å². The zero-order valence-corrected chi connectivity index (χ0v) is 12.0. The van der Waals surface area contributed by atoms with E-state index < -0.39 is 5.97 Å². The number of carbonyl (C=O) groups is 2. The molecule has 1 amide bonds. The lowest BCUT2D eigenvalue weighted by atomic mass is 10.2. The van der Waals surface area contributed by atoms with Crippen LogP contribution >= 0.6 is 15.9 Å². The Hall–Kier alpha value is -1.44. The molecule has 7 heteroatoms. The molecule has 3 N–H and O–H groups in total. The van der Waals surface area contributed by atoms with Gasteiger partial charge in [0.15, 0.2) is 0 Å². The van der Waals surface area contributed by atoms with Crippen LogP contribution in [0.15, 0.2) is 22.7 Å². The normalized spacial score (nSPS) is 10.2. The van der Waals surface area contributed by atoms with Gasteiger partial charge in [-0.3, -0.25) is 4.79 Å². The van der Waals surface area contributed by atoms with Crippen molar-refractivity contribution in [3.8, 4) is 0 Å². The van der Waals surface area contributed by atoms with Crippen molar-refractivity contribution >= 4 is 33.5 Å². The van der Waals surface area contributed by atoms with Crippen molar-refractivity contribution in [2.75, 3.05) is 32.1 Å². The van der Waals surface area contributed by atoms with Crippen LogP contribution in [0, 0.1) is 0 Å². The molecule has 0 aromatic heterocycles. The van der Waals surface area contributed by atoms with E-state index in [-0.39, 0.29) is 23.7 Å². The third-order valence-electron chi connectivity index (χ3n) is 2.28. The average Bonchev–Trinajstić information content (AvgIpc) is 2.37. The number of nitrogens with one attached hydrogen (secondary N) is 2. The van der Waals surface area contributed by atoms with Gasteiger partial charge in [-0.05, 0) is 28.1 Å². The Kier molecular flexibility index (Phi) is 6.48. The van der Waals surface area contributed by atoms with Gasteiger partial charge < -0.3 is 20.5 Å². The number of amides is 1. The zero-order chi connectivity index (χ0) is 14.3. The Balaban J connectivity index is 2.66. The summed E-state index contributed by atoms with van der Waals surface area (Å²) in [6, 6.07) is 4.70. The number of carboxylic acids is 1. The summed E-state index contributed by atoms with van der Waals surface area (Å²) in [7, 11) is 1.57. The number of hydrogen-bond acceptors (Lipinski definition) is 4. The SMILES string of the molecule is COCCNCC(=O)Nc1c(Br)cccc1C(=O)O. The van der Waals surface area contributed by atoms with Crippen LogP contribution in [-0.2, 0) is 9.53 Å². The Bertz CT molecular complexity index is 465. The van der Waals surface area contributed by atoms with Gasteiger partial charge in [0.25, 0.3) is 0 Å². The van der Waals surface area contributed by atoms with E-state index in [9.17, 15) is 9.59 Å². The van der Waals surface area contributed by atoms with Crippen LogP contribution in [-0.4, -0.2) is 43.8 Å². The molecule has 19 heavy (non-hydrogen) atoms. The summed E-state index contributed by atoms with van der Waals surface area (Å²) in [6.07, 6.45) is 0. The molecule has 1 aromatic carbocycles. The predicted octanol–water partition coefficient (Wildman–Crippen LogP) is 1.32. The Morgan fingerprint density at radius 2 is 2.16 bits per heavy atom. The van der Waals surface area contributed by atoms with Gasteiger partial charge in [-0.15, -0.1) is 0 Å². The number of hydrogen-bond donors (Lipinski definition) is 3. The number of methoxy groups -OCH3 is 1. The highest BCUT2D eigenvalue weighted by Gasteiger charge is 2.14. The number of aromatic carboxylic acids is 1. The van der Waals surface area contributed by atoms with Crippen LogP contribution < -0.4 is 10.6 Å². The molecule has 104 valence electrons. The molecular formula is C12H15BrN2O4. The van der Waals surface area contributed by atoms with E-state index in [0.717, 1.165) is 0 Å². The van der Waals surface area contributed by atoms with E-state index in [2.05, 4.69) is 26.6 Å². The third kappa shape index (κ3) is 4.98. The van der Waals surface area contributed by atoms with Gasteiger partial charge in [0.1, 0.15) is 0 Å². The van der Waals surface area contributed by atoms with E-state index in [0.29, 0.717) is 17.6 Å². The maximum atomic E-state index is 11.7. The second-order valence-corrected chi connectivity index (χ2v) is 4.54. The molecule has 0 radical (unpaired) electrons. The van der Waals surface area contributed by atoms with Gasteiger partial charge in [0, 0.05) is 18.1 Å². The van der Waals surface area contributed by atoms with Crippen molar-refractivity contribution in [2.45, 2.75) is 0 Å². The maximum absolute atomic E-state index is 11.7. The molecule has 1 rings (SSSR count). The van der Waals surface area contributed by atoms with Gasteiger partial charge >= 0.3 is 5.97 Å². The van der Waals surface area contributed by atoms with E-state index in [1.54, 1.807) is 19.2 Å². The van der Waals surface area contributed by atoms with E-state index in [1.807, 2.05) is 0 Å². The molecule has 0 atom stereocenters. The van der Waals surface area contributed by atoms with Crippen LogP contribution in [0.3, 0.4) is 0 Å². The molecule has 0 saturated carbocycles. The number of ether oxygens (including phenoxy) is 1. The predicted molar refractivity (Wildman–Crippen MR) is 74.5 cm³/mol. The molecular weight excluding hydrogens is 316 g/mol. The van der Waals surface area contributed by atoms with Gasteiger partial charge in [-0.2, -0.15) is 0 Å². The summed E-state index contributed by atoms with van der Waals surface area (Å²) in [4.78, 5) is 22.7. The molecule has 0 heterocycles. The summed E-state index contributed by atoms with van der Waals surface area (Å²) < 4.78 is 5.36. The molecule has 0 saturated heterocycles. The van der Waals surface area contributed by atoms with Crippen molar-refractivity contribution in [1.82, 2.24) is 5.32 Å². The van der Waals surface area contributed by atoms with Gasteiger partial charge in [-0.1, -0.05) is 6.07 Å². The van der Waals surface area contributed by atoms with Crippen LogP contribution in [0.4, 0.5) is 5.69 Å². The van der Waals surface area contributed by atoms with Crippen LogP contribution in [0.5, 0.6) is 0 Å². The maximum Gasteiger partial charge on any atom is 0.337 e. The quantitative estimate of drug-likeness (QED) is 0.656. The number of para-hydroxylation sites is 1. The Morgan fingerprint density at radius 3 is 2.79 bits per heavy atom. The van der Waals surface area contributed by atoms with Crippen molar-refractivity contribution in [3.05, 3.63) is 28.2 Å². The minimum atomic E-state index is -1.09. The van der Waals surface area contributed by atoms with E-state index in [1.165, 1.54) is 6.07 Å². The largest absolute Gasteiger partial charge is 0.478 e. The molecule has 0 unspecified atom stereocenters. The minimum Gasteiger partial charge on any atom is -0.478 e. The van der Waals surface area contributed by atoms with Crippen molar-refractivity contribution in [1.29, 1.82) is 0 Å². The van der Waals surface area contributed by atoms with Gasteiger partial charge in [-0.25, -0.2) is 4.79 Å². The summed E-state index contributed by atoms with van der Waals surface area (Å²) >= 11 is 3.22. The third-order valence-corrected chi connectivity index (χ3v) is 2.94. The van der Waals surface area contributed by atoms with Gasteiger partial charge in [0.2, 0.25) is 5.91 Å². The molecule has 1 aromatic rings. The summed E-state index contributed by atoms with van der Waals surface area (Å²) in [5.74, 6) is -1.41. The number of benzene rings is 1. The fourth-order valence-corrected chi connectivity index (χ4v) is 1.85. The Morgan fingerprint density at radius 1 is 1.42 bits per heavy atom. The van der Waals surface area contributed by atoms with Crippen LogP contribution in [0.1, 0.15) is 10.4 Å². The first-order valence-electron chi connectivity index (χ1n) is 5.57. The smallest absolute Gasteiger partial charge is 0.337 e. The van der Waals surface area contributed by atoms with E-state index >= 15 is 0 Å². The van der Waals surface area contributed by atoms with Crippen LogP contribution in [0.25, 0.3) is 0 Å². The topological polar surface area (TPSA) is 87.7 Å². The second-order valence-electron chi connectivity index (χ2n) is 3.69. The monoisotopic (exact) mass is 330 g/mol. The molecule has 0 spiro atoms. The number of anilines is 1. The highest BCUT2D eigenvalue weighted by Crippen LogP contribution is 2.26. The summed E-state index contributed by atoms with van der Waals surface area (Å²) in [6.45, 7) is 1.14. The van der Waals surface area contributed by atoms with E-state index in [4.69, 9.17) is 9.84 Å². The highest BCUT2D eigenvalue weighted by molar-refractivity contribution is 9.10. The first-order chi connectivity index (χ1) is 9.06. The lowest BCUT2D eigenvalue weighted by molar-refractivity contribution is -0.115. The van der Waals surface area contributed by atoms with Crippen molar-refractivity contribution < 1.29 is 19.4 Å². The fourth-order valence-electron chi connectivity index (χ4n) is 1.39. The van der Waals surface area contributed by atoms with Crippen molar-refractivity contribution in [3.63, 3.8) is 0 Å². The molecule has 0 bridgehead atoms. The molecule has 0 fully saturated rings. The fraction of sp³-hybridized carbons (Fsp3) is 0.333. The number of rotatable bonds is 7. The summed E-state index contributed by atoms with van der Waals surface area (Å²) in [5, 5.41) is 14.5. The molecule has 0 aliphatic rings. The molecule has 6 nitrogen and oxygen atoms in total. The number of carbonyl (C=O) groups excluding carboxylic acids is 1. The Labute approximate surface area is 119 Å². The summed E-state index contributed by atoms with van der Waals surface area (Å²) in [5.41, 5.74) is 0.299. The van der Waals surface area contributed by atoms with Crippen molar-refractivity contribution in [2.24, 2.45) is 0 Å². The van der Waals surface area contributed by atoms with Gasteiger partial charge in [0.05, 0.1) is 24.4 Å². The highest BCUT2D eigenvalue weighted by atomic mass is 79.9. The lowest BCUT2D eigenvalue weighted by Gasteiger charge is -2.11. The standard InChI is InChI=1S/C12H15BrN2O4/c1-19-6-5-14-7-10(16)15-11-8(12(17)18)3-2-4-9(11)13/h2-4,14H,5-7H2,1H3,(H,15,16)(H,17,18). The first-order valence-corrected chi connectivity index (χ1v) is 6.37. The molecule has 0 aliphatic heterocycles. The first kappa shape index (κ1) is 15.6. The number of halogens is 1. The minimum absolute atomic E-state index is 0.0413. The number of carboxylic acid groups (broad SMARTS) is 1. The lowest BCUT2D eigenvalue weighted by Crippen LogP contribution is -2.30. The average molecular weight is 331 g/mol. The second kappa shape index (κ2) is 7.88. The zero-order valence-electron chi connectivity index (χ0n) is 10.4.